The Bertz CT molecular complexity index is 916. The van der Waals surface area contributed by atoms with E-state index in [1.54, 1.807) is 23.9 Å². The van der Waals surface area contributed by atoms with E-state index in [1.807, 2.05) is 42.5 Å². The van der Waals surface area contributed by atoms with E-state index < -0.39 is 4.92 Å². The monoisotopic (exact) mass is 381 g/mol. The SMILES string of the molecule is O=[N+]([O-])c1ccc(NC(=S)Nc2ccccc2Sc2ccccc2)cc1. The van der Waals surface area contributed by atoms with Gasteiger partial charge in [-0.1, -0.05) is 42.1 Å². The molecule has 0 unspecified atom stereocenters. The lowest BCUT2D eigenvalue weighted by atomic mass is 10.3. The third-order valence-corrected chi connectivity index (χ3v) is 4.73. The summed E-state index contributed by atoms with van der Waals surface area (Å²) in [5.74, 6) is 0. The van der Waals surface area contributed by atoms with E-state index in [-0.39, 0.29) is 5.69 Å². The zero-order chi connectivity index (χ0) is 18.4. The topological polar surface area (TPSA) is 67.2 Å². The number of non-ortho nitro benzene ring substituents is 1. The molecule has 0 fully saturated rings. The minimum absolute atomic E-state index is 0.0408. The first-order valence-corrected chi connectivity index (χ1v) is 8.99. The number of nitro benzene ring substituents is 1. The first-order valence-electron chi connectivity index (χ1n) is 7.76. The number of nitrogens with zero attached hydrogens (tertiary/aromatic N) is 1. The van der Waals surface area contributed by atoms with Crippen LogP contribution in [-0.2, 0) is 0 Å². The molecule has 0 saturated carbocycles. The van der Waals surface area contributed by atoms with Crippen LogP contribution in [0.4, 0.5) is 17.1 Å². The lowest BCUT2D eigenvalue weighted by Gasteiger charge is -2.14. The number of nitro groups is 1. The molecule has 2 N–H and O–H groups in total. The van der Waals surface area contributed by atoms with Crippen LogP contribution in [0.3, 0.4) is 0 Å². The zero-order valence-corrected chi connectivity index (χ0v) is 15.2. The highest BCUT2D eigenvalue weighted by atomic mass is 32.2. The fourth-order valence-electron chi connectivity index (χ4n) is 2.23. The first kappa shape index (κ1) is 17.9. The molecule has 0 bridgehead atoms. The second-order valence-electron chi connectivity index (χ2n) is 5.29. The van der Waals surface area contributed by atoms with Gasteiger partial charge in [0.05, 0.1) is 10.6 Å². The highest BCUT2D eigenvalue weighted by Gasteiger charge is 2.07. The largest absolute Gasteiger partial charge is 0.332 e. The summed E-state index contributed by atoms with van der Waals surface area (Å²) < 4.78 is 0. The van der Waals surface area contributed by atoms with Gasteiger partial charge in [0.2, 0.25) is 0 Å². The third-order valence-electron chi connectivity index (χ3n) is 3.44. The van der Waals surface area contributed by atoms with Crippen LogP contribution >= 0.6 is 24.0 Å². The fraction of sp³-hybridized carbons (Fsp3) is 0. The van der Waals surface area contributed by atoms with Gasteiger partial charge in [0.1, 0.15) is 0 Å². The average Bonchev–Trinajstić information content (AvgIpc) is 2.64. The summed E-state index contributed by atoms with van der Waals surface area (Å²) >= 11 is 7.00. The maximum atomic E-state index is 10.7. The minimum atomic E-state index is -0.433. The molecule has 0 saturated heterocycles. The van der Waals surface area contributed by atoms with Crippen LogP contribution in [0.15, 0.2) is 88.7 Å². The first-order chi connectivity index (χ1) is 12.6. The number of nitrogens with one attached hydrogen (secondary N) is 2. The van der Waals surface area contributed by atoms with Crippen molar-refractivity contribution in [3.8, 4) is 0 Å². The highest BCUT2D eigenvalue weighted by molar-refractivity contribution is 7.99. The molecule has 130 valence electrons. The Morgan fingerprint density at radius 3 is 2.23 bits per heavy atom. The molecule has 0 aliphatic rings. The highest BCUT2D eigenvalue weighted by Crippen LogP contribution is 2.33. The molecule has 0 aliphatic carbocycles. The molecule has 0 radical (unpaired) electrons. The zero-order valence-electron chi connectivity index (χ0n) is 13.6. The van der Waals surface area contributed by atoms with E-state index in [1.165, 1.54) is 12.1 Å². The molecule has 0 amide bonds. The van der Waals surface area contributed by atoms with Gasteiger partial charge in [0.25, 0.3) is 5.69 Å². The van der Waals surface area contributed by atoms with Crippen molar-refractivity contribution in [3.63, 3.8) is 0 Å². The Labute approximate surface area is 160 Å². The van der Waals surface area contributed by atoms with Gasteiger partial charge >= 0.3 is 0 Å². The quantitative estimate of drug-likeness (QED) is 0.343. The molecule has 5 nitrogen and oxygen atoms in total. The van der Waals surface area contributed by atoms with Crippen LogP contribution in [0.5, 0.6) is 0 Å². The Kier molecular flexibility index (Phi) is 5.83. The van der Waals surface area contributed by atoms with E-state index >= 15 is 0 Å². The number of hydrogen-bond acceptors (Lipinski definition) is 4. The molecule has 3 rings (SSSR count). The number of thiocarbonyl (C=S) groups is 1. The molecule has 0 aliphatic heterocycles. The Balaban J connectivity index is 1.68. The van der Waals surface area contributed by atoms with Crippen molar-refractivity contribution in [2.75, 3.05) is 10.6 Å². The van der Waals surface area contributed by atoms with Gasteiger partial charge in [0.15, 0.2) is 5.11 Å². The van der Waals surface area contributed by atoms with Crippen molar-refractivity contribution in [1.82, 2.24) is 0 Å². The summed E-state index contributed by atoms with van der Waals surface area (Å²) in [6.45, 7) is 0. The Hall–Kier alpha value is -2.90. The van der Waals surface area contributed by atoms with Crippen LogP contribution in [0.25, 0.3) is 0 Å². The predicted octanol–water partition coefficient (Wildman–Crippen LogP) is 5.55. The summed E-state index contributed by atoms with van der Waals surface area (Å²) in [6, 6.07) is 24.1. The summed E-state index contributed by atoms with van der Waals surface area (Å²) in [4.78, 5) is 12.5. The van der Waals surface area contributed by atoms with Crippen molar-refractivity contribution in [2.45, 2.75) is 9.79 Å². The molecule has 0 spiro atoms. The fourth-order valence-corrected chi connectivity index (χ4v) is 3.38. The molecule has 3 aromatic rings. The van der Waals surface area contributed by atoms with Gasteiger partial charge in [-0.2, -0.15) is 0 Å². The summed E-state index contributed by atoms with van der Waals surface area (Å²) in [5.41, 5.74) is 1.61. The van der Waals surface area contributed by atoms with Crippen LogP contribution in [0.1, 0.15) is 0 Å². The summed E-state index contributed by atoms with van der Waals surface area (Å²) in [7, 11) is 0. The number of rotatable bonds is 5. The van der Waals surface area contributed by atoms with E-state index in [9.17, 15) is 10.1 Å². The molecule has 0 heterocycles. The van der Waals surface area contributed by atoms with Gasteiger partial charge in [-0.25, -0.2) is 0 Å². The molecule has 0 aromatic heterocycles. The second kappa shape index (κ2) is 8.46. The van der Waals surface area contributed by atoms with Gasteiger partial charge in [-0.15, -0.1) is 0 Å². The van der Waals surface area contributed by atoms with Crippen molar-refractivity contribution in [3.05, 3.63) is 89.0 Å². The number of anilines is 2. The maximum absolute atomic E-state index is 10.7. The van der Waals surface area contributed by atoms with Crippen LogP contribution in [0, 0.1) is 10.1 Å². The van der Waals surface area contributed by atoms with Gasteiger partial charge in [-0.05, 0) is 48.6 Å². The lowest BCUT2D eigenvalue weighted by molar-refractivity contribution is -0.384. The predicted molar refractivity (Wildman–Crippen MR) is 110 cm³/mol. The van der Waals surface area contributed by atoms with Crippen LogP contribution in [-0.4, -0.2) is 10.0 Å². The van der Waals surface area contributed by atoms with Gasteiger partial charge in [-0.3, -0.25) is 10.1 Å². The Morgan fingerprint density at radius 1 is 0.885 bits per heavy atom. The third kappa shape index (κ3) is 4.81. The number of benzene rings is 3. The van der Waals surface area contributed by atoms with E-state index in [4.69, 9.17) is 12.2 Å². The standard InChI is InChI=1S/C19H15N3O2S2/c23-22(24)15-12-10-14(11-13-15)20-19(25)21-17-8-4-5-9-18(17)26-16-6-2-1-3-7-16/h1-13H,(H2,20,21,25). The molecule has 26 heavy (non-hydrogen) atoms. The normalized spacial score (nSPS) is 10.2. The molecule has 7 heteroatoms. The van der Waals surface area contributed by atoms with E-state index in [2.05, 4.69) is 22.8 Å². The van der Waals surface area contributed by atoms with Crippen molar-refractivity contribution in [2.24, 2.45) is 0 Å². The van der Waals surface area contributed by atoms with Crippen molar-refractivity contribution in [1.29, 1.82) is 0 Å². The van der Waals surface area contributed by atoms with Gasteiger partial charge in [0, 0.05) is 27.6 Å². The average molecular weight is 381 g/mol. The van der Waals surface area contributed by atoms with E-state index in [0.29, 0.717) is 10.8 Å². The molecule has 3 aromatic carbocycles. The number of hydrogen-bond donors (Lipinski definition) is 2. The minimum Gasteiger partial charge on any atom is -0.332 e. The van der Waals surface area contributed by atoms with Gasteiger partial charge < -0.3 is 10.6 Å². The number of para-hydroxylation sites is 1. The molecule has 0 atom stereocenters. The van der Waals surface area contributed by atoms with Crippen molar-refractivity contribution < 1.29 is 4.92 Å². The lowest BCUT2D eigenvalue weighted by Crippen LogP contribution is -2.19. The van der Waals surface area contributed by atoms with Crippen LogP contribution in [0.2, 0.25) is 0 Å². The molecular weight excluding hydrogens is 366 g/mol. The van der Waals surface area contributed by atoms with Crippen LogP contribution < -0.4 is 10.6 Å². The van der Waals surface area contributed by atoms with Crippen molar-refractivity contribution >= 4 is 46.2 Å². The second-order valence-corrected chi connectivity index (χ2v) is 6.82. The smallest absolute Gasteiger partial charge is 0.269 e. The maximum Gasteiger partial charge on any atom is 0.269 e. The summed E-state index contributed by atoms with van der Waals surface area (Å²) in [5, 5.41) is 17.3. The van der Waals surface area contributed by atoms with E-state index in [0.717, 1.165) is 15.5 Å². The Morgan fingerprint density at radius 2 is 1.54 bits per heavy atom. The molecular formula is C19H15N3O2S2. The summed E-state index contributed by atoms with van der Waals surface area (Å²) in [6.07, 6.45) is 0.